The summed E-state index contributed by atoms with van der Waals surface area (Å²) in [5, 5.41) is 7.77. The van der Waals surface area contributed by atoms with Crippen molar-refractivity contribution in [3.05, 3.63) is 46.5 Å². The number of aromatic nitrogens is 3. The fourth-order valence-corrected chi connectivity index (χ4v) is 2.70. The van der Waals surface area contributed by atoms with Crippen molar-refractivity contribution in [2.24, 2.45) is 7.05 Å². The van der Waals surface area contributed by atoms with Gasteiger partial charge in [0.25, 0.3) is 0 Å². The molecule has 5 heteroatoms. The molecule has 2 aromatic rings. The number of likely N-dealkylation sites (N-methyl/N-ethyl adjacent to an activating group) is 1. The zero-order chi connectivity index (χ0) is 13.0. The van der Waals surface area contributed by atoms with Crippen LogP contribution in [0.2, 0.25) is 0 Å². The summed E-state index contributed by atoms with van der Waals surface area (Å²) >= 11 is 3.56. The highest BCUT2D eigenvalue weighted by Crippen LogP contribution is 2.25. The molecule has 0 aliphatic carbocycles. The van der Waals surface area contributed by atoms with E-state index in [2.05, 4.69) is 44.3 Å². The molecule has 2 aromatic heterocycles. The molecule has 0 aliphatic rings. The van der Waals surface area contributed by atoms with Gasteiger partial charge in [0.1, 0.15) is 0 Å². The van der Waals surface area contributed by atoms with E-state index < -0.39 is 0 Å². The lowest BCUT2D eigenvalue weighted by molar-refractivity contribution is 0.505. The molecule has 1 unspecified atom stereocenters. The van der Waals surface area contributed by atoms with Crippen LogP contribution in [-0.4, -0.2) is 21.3 Å². The molecule has 96 valence electrons. The topological polar surface area (TPSA) is 42.7 Å². The van der Waals surface area contributed by atoms with Crippen molar-refractivity contribution in [2.45, 2.75) is 19.4 Å². The van der Waals surface area contributed by atoms with Gasteiger partial charge >= 0.3 is 0 Å². The third kappa shape index (κ3) is 2.97. The Bertz CT molecular complexity index is 475. The van der Waals surface area contributed by atoms with Gasteiger partial charge in [-0.2, -0.15) is 5.10 Å². The summed E-state index contributed by atoms with van der Waals surface area (Å²) < 4.78 is 2.95. The average molecular weight is 309 g/mol. The lowest BCUT2D eigenvalue weighted by Gasteiger charge is -2.19. The van der Waals surface area contributed by atoms with Gasteiger partial charge in [0.15, 0.2) is 0 Å². The second kappa shape index (κ2) is 6.11. The Balaban J connectivity index is 2.24. The van der Waals surface area contributed by atoms with Gasteiger partial charge in [0.2, 0.25) is 0 Å². The van der Waals surface area contributed by atoms with Crippen LogP contribution < -0.4 is 5.32 Å². The van der Waals surface area contributed by atoms with E-state index in [9.17, 15) is 0 Å². The minimum Gasteiger partial charge on any atom is -0.309 e. The highest BCUT2D eigenvalue weighted by Gasteiger charge is 2.18. The number of hydrogen-bond acceptors (Lipinski definition) is 3. The molecule has 2 heterocycles. The van der Waals surface area contributed by atoms with Crippen molar-refractivity contribution >= 4 is 15.9 Å². The van der Waals surface area contributed by atoms with Gasteiger partial charge in [-0.1, -0.05) is 13.0 Å². The molecule has 0 radical (unpaired) electrons. The van der Waals surface area contributed by atoms with Crippen LogP contribution in [0.3, 0.4) is 0 Å². The van der Waals surface area contributed by atoms with Gasteiger partial charge in [-0.15, -0.1) is 0 Å². The fraction of sp³-hybridized carbons (Fsp3) is 0.385. The van der Waals surface area contributed by atoms with E-state index in [1.807, 2.05) is 30.2 Å². The summed E-state index contributed by atoms with van der Waals surface area (Å²) in [6.07, 6.45) is 6.45. The molecule has 4 nitrogen and oxygen atoms in total. The number of nitrogens with zero attached hydrogens (tertiary/aromatic N) is 3. The van der Waals surface area contributed by atoms with E-state index in [4.69, 9.17) is 0 Å². The second-order valence-corrected chi connectivity index (χ2v) is 5.03. The maximum Gasteiger partial charge on any atom is 0.0695 e. The van der Waals surface area contributed by atoms with Crippen LogP contribution in [0.25, 0.3) is 0 Å². The fourth-order valence-electron chi connectivity index (χ4n) is 2.08. The maximum atomic E-state index is 4.28. The Hall–Kier alpha value is -1.20. The van der Waals surface area contributed by atoms with Gasteiger partial charge in [0, 0.05) is 19.4 Å². The Labute approximate surface area is 116 Å². The second-order valence-electron chi connectivity index (χ2n) is 4.18. The van der Waals surface area contributed by atoms with Gasteiger partial charge < -0.3 is 5.32 Å². The molecular weight excluding hydrogens is 292 g/mol. The quantitative estimate of drug-likeness (QED) is 0.922. The molecule has 0 saturated carbocycles. The van der Waals surface area contributed by atoms with E-state index >= 15 is 0 Å². The number of pyridine rings is 1. The van der Waals surface area contributed by atoms with Crippen LogP contribution in [0.1, 0.15) is 24.2 Å². The molecule has 1 N–H and O–H groups in total. The van der Waals surface area contributed by atoms with Gasteiger partial charge in [-0.25, -0.2) is 0 Å². The molecule has 0 fully saturated rings. The Kier molecular flexibility index (Phi) is 4.49. The summed E-state index contributed by atoms with van der Waals surface area (Å²) in [5.74, 6) is 0. The van der Waals surface area contributed by atoms with Crippen molar-refractivity contribution in [2.75, 3.05) is 6.54 Å². The molecule has 0 saturated heterocycles. The third-order valence-electron chi connectivity index (χ3n) is 2.88. The molecule has 18 heavy (non-hydrogen) atoms. The smallest absolute Gasteiger partial charge is 0.0695 e. The normalized spacial score (nSPS) is 12.6. The van der Waals surface area contributed by atoms with Crippen LogP contribution in [-0.2, 0) is 13.5 Å². The number of nitrogens with one attached hydrogen (secondary N) is 1. The number of halogens is 1. The first kappa shape index (κ1) is 13.2. The van der Waals surface area contributed by atoms with E-state index in [1.54, 1.807) is 6.20 Å². The van der Waals surface area contributed by atoms with Crippen molar-refractivity contribution in [1.82, 2.24) is 20.1 Å². The minimum absolute atomic E-state index is 0.237. The number of rotatable bonds is 5. The largest absolute Gasteiger partial charge is 0.309 e. The maximum absolute atomic E-state index is 4.28. The van der Waals surface area contributed by atoms with Crippen LogP contribution in [0, 0.1) is 0 Å². The first-order valence-corrected chi connectivity index (χ1v) is 6.81. The van der Waals surface area contributed by atoms with E-state index in [1.165, 1.54) is 11.3 Å². The van der Waals surface area contributed by atoms with E-state index in [0.717, 1.165) is 17.4 Å². The van der Waals surface area contributed by atoms with Crippen LogP contribution in [0.4, 0.5) is 0 Å². The van der Waals surface area contributed by atoms with Crippen molar-refractivity contribution in [3.63, 3.8) is 0 Å². The molecule has 1 atom stereocenters. The molecule has 2 rings (SSSR count). The third-order valence-corrected chi connectivity index (χ3v) is 3.49. The Morgan fingerprint density at radius 3 is 2.83 bits per heavy atom. The van der Waals surface area contributed by atoms with E-state index in [0.29, 0.717) is 0 Å². The lowest BCUT2D eigenvalue weighted by Crippen LogP contribution is -2.25. The summed E-state index contributed by atoms with van der Waals surface area (Å²) in [7, 11) is 1.97. The zero-order valence-corrected chi connectivity index (χ0v) is 12.2. The number of aryl methyl sites for hydroxylation is 1. The standard InChI is InChI=1S/C13H17BrN4/c1-3-16-12(7-10-5-4-6-15-8-10)13-11(14)9-17-18(13)2/h4-6,8-9,12,16H,3,7H2,1-2H3. The van der Waals surface area contributed by atoms with Gasteiger partial charge in [-0.05, 0) is 40.5 Å². The lowest BCUT2D eigenvalue weighted by atomic mass is 10.0. The first-order chi connectivity index (χ1) is 8.72. The first-order valence-electron chi connectivity index (χ1n) is 6.02. The molecule has 0 spiro atoms. The van der Waals surface area contributed by atoms with Crippen molar-refractivity contribution in [3.8, 4) is 0 Å². The van der Waals surface area contributed by atoms with Crippen molar-refractivity contribution < 1.29 is 0 Å². The minimum atomic E-state index is 0.237. The Morgan fingerprint density at radius 2 is 2.28 bits per heavy atom. The molecule has 0 aromatic carbocycles. The van der Waals surface area contributed by atoms with Crippen LogP contribution >= 0.6 is 15.9 Å². The highest BCUT2D eigenvalue weighted by atomic mass is 79.9. The molecule has 0 aliphatic heterocycles. The van der Waals surface area contributed by atoms with Gasteiger partial charge in [0.05, 0.1) is 22.4 Å². The molecular formula is C13H17BrN4. The SMILES string of the molecule is CCNC(Cc1cccnc1)c1c(Br)cnn1C. The number of hydrogen-bond donors (Lipinski definition) is 1. The van der Waals surface area contributed by atoms with Crippen LogP contribution in [0.5, 0.6) is 0 Å². The monoisotopic (exact) mass is 308 g/mol. The summed E-state index contributed by atoms with van der Waals surface area (Å²) in [6.45, 7) is 3.03. The molecule has 0 amide bonds. The van der Waals surface area contributed by atoms with Crippen LogP contribution in [0.15, 0.2) is 35.2 Å². The van der Waals surface area contributed by atoms with Crippen molar-refractivity contribution in [1.29, 1.82) is 0 Å². The van der Waals surface area contributed by atoms with Gasteiger partial charge in [-0.3, -0.25) is 9.67 Å². The molecule has 0 bridgehead atoms. The predicted molar refractivity (Wildman–Crippen MR) is 75.3 cm³/mol. The average Bonchev–Trinajstić information content (AvgIpc) is 2.70. The zero-order valence-electron chi connectivity index (χ0n) is 10.6. The highest BCUT2D eigenvalue weighted by molar-refractivity contribution is 9.10. The van der Waals surface area contributed by atoms with E-state index in [-0.39, 0.29) is 6.04 Å². The Morgan fingerprint density at radius 1 is 1.44 bits per heavy atom. The summed E-state index contributed by atoms with van der Waals surface area (Å²) in [4.78, 5) is 4.16. The summed E-state index contributed by atoms with van der Waals surface area (Å²) in [5.41, 5.74) is 2.39. The predicted octanol–water partition coefficient (Wildman–Crippen LogP) is 2.47. The summed E-state index contributed by atoms with van der Waals surface area (Å²) in [6, 6.07) is 4.30.